The van der Waals surface area contributed by atoms with Crippen LogP contribution in [0.5, 0.6) is 5.75 Å². The van der Waals surface area contributed by atoms with Crippen molar-refractivity contribution >= 4 is 40.0 Å². The van der Waals surface area contributed by atoms with Crippen molar-refractivity contribution in [3.63, 3.8) is 0 Å². The molecule has 0 saturated heterocycles. The van der Waals surface area contributed by atoms with Crippen molar-refractivity contribution in [3.05, 3.63) is 29.3 Å². The van der Waals surface area contributed by atoms with Gasteiger partial charge in [0.15, 0.2) is 5.96 Å². The van der Waals surface area contributed by atoms with Crippen LogP contribution in [0.4, 0.5) is 8.78 Å². The second-order valence-corrected chi connectivity index (χ2v) is 7.59. The molecule has 0 aliphatic rings. The molecule has 0 aliphatic carbocycles. The Bertz CT molecular complexity index is 703. The van der Waals surface area contributed by atoms with Gasteiger partial charge in [-0.25, -0.2) is 13.1 Å². The first kappa shape index (κ1) is 25.8. The maximum atomic E-state index is 12.5. The third kappa shape index (κ3) is 10.6. The van der Waals surface area contributed by atoms with Gasteiger partial charge in [-0.15, -0.1) is 24.0 Å². The van der Waals surface area contributed by atoms with Gasteiger partial charge in [0.2, 0.25) is 10.0 Å². The lowest BCUT2D eigenvalue weighted by Gasteiger charge is -2.15. The standard InChI is InChI=1S/C16H26F2N4O3S.HI/c1-4-26(23,24)22-9-5-8-20-16(19-3)21-11-13-10-12(2)6-7-14(13)25-15(17)18;/h6-7,10,15,22H,4-5,8-9,11H2,1-3H3,(H2,19,20,21);1H. The first-order valence-electron chi connectivity index (χ1n) is 8.23. The zero-order chi connectivity index (χ0) is 19.6. The lowest BCUT2D eigenvalue weighted by molar-refractivity contribution is -0.0504. The van der Waals surface area contributed by atoms with Crippen LogP contribution < -0.4 is 20.1 Å². The van der Waals surface area contributed by atoms with Crippen molar-refractivity contribution in [2.45, 2.75) is 33.4 Å². The zero-order valence-corrected chi connectivity index (χ0v) is 18.7. The smallest absolute Gasteiger partial charge is 0.387 e. The van der Waals surface area contributed by atoms with Crippen LogP contribution in [0.2, 0.25) is 0 Å². The van der Waals surface area contributed by atoms with Gasteiger partial charge in [0.05, 0.1) is 5.75 Å². The van der Waals surface area contributed by atoms with Gasteiger partial charge in [0.1, 0.15) is 5.75 Å². The molecule has 0 bridgehead atoms. The number of nitrogens with zero attached hydrogens (tertiary/aromatic N) is 1. The van der Waals surface area contributed by atoms with E-state index in [-0.39, 0.29) is 42.0 Å². The fraction of sp³-hybridized carbons (Fsp3) is 0.562. The Hall–Kier alpha value is -1.21. The number of nitrogens with one attached hydrogen (secondary N) is 3. The molecule has 7 nitrogen and oxygen atoms in total. The number of sulfonamides is 1. The molecule has 27 heavy (non-hydrogen) atoms. The Morgan fingerprint density at radius 2 is 1.96 bits per heavy atom. The van der Waals surface area contributed by atoms with E-state index in [1.807, 2.05) is 6.92 Å². The molecule has 11 heteroatoms. The number of aliphatic imine (C=N–C) groups is 1. The number of aryl methyl sites for hydroxylation is 1. The van der Waals surface area contributed by atoms with Crippen LogP contribution in [-0.4, -0.2) is 46.9 Å². The molecule has 0 aromatic heterocycles. The number of benzene rings is 1. The fourth-order valence-electron chi connectivity index (χ4n) is 2.08. The van der Waals surface area contributed by atoms with Gasteiger partial charge in [-0.3, -0.25) is 4.99 Å². The van der Waals surface area contributed by atoms with Crippen LogP contribution in [0.15, 0.2) is 23.2 Å². The minimum absolute atomic E-state index is 0. The van der Waals surface area contributed by atoms with E-state index in [0.29, 0.717) is 31.0 Å². The maximum absolute atomic E-state index is 12.5. The van der Waals surface area contributed by atoms with E-state index in [1.165, 1.54) is 6.07 Å². The molecule has 0 spiro atoms. The molecule has 0 unspecified atom stereocenters. The molecular formula is C16H27F2IN4O3S. The molecule has 1 aromatic rings. The highest BCUT2D eigenvalue weighted by Gasteiger charge is 2.10. The van der Waals surface area contributed by atoms with Gasteiger partial charge in [0.25, 0.3) is 0 Å². The summed E-state index contributed by atoms with van der Waals surface area (Å²) in [4.78, 5) is 4.05. The van der Waals surface area contributed by atoms with Gasteiger partial charge in [-0.2, -0.15) is 8.78 Å². The highest BCUT2D eigenvalue weighted by Crippen LogP contribution is 2.21. The van der Waals surface area contributed by atoms with Gasteiger partial charge >= 0.3 is 6.61 Å². The average Bonchev–Trinajstić information content (AvgIpc) is 2.59. The topological polar surface area (TPSA) is 91.8 Å². The van der Waals surface area contributed by atoms with Gasteiger partial charge in [0, 0.05) is 32.2 Å². The van der Waals surface area contributed by atoms with E-state index < -0.39 is 16.6 Å². The molecule has 0 saturated carbocycles. The first-order valence-corrected chi connectivity index (χ1v) is 9.88. The number of alkyl halides is 2. The molecule has 0 amide bonds. The molecule has 156 valence electrons. The van der Waals surface area contributed by atoms with Crippen molar-refractivity contribution in [2.75, 3.05) is 25.9 Å². The van der Waals surface area contributed by atoms with Crippen LogP contribution in [0.1, 0.15) is 24.5 Å². The molecular weight excluding hydrogens is 493 g/mol. The van der Waals surface area contributed by atoms with Crippen molar-refractivity contribution in [2.24, 2.45) is 4.99 Å². The maximum Gasteiger partial charge on any atom is 0.387 e. The van der Waals surface area contributed by atoms with E-state index >= 15 is 0 Å². The molecule has 3 N–H and O–H groups in total. The van der Waals surface area contributed by atoms with E-state index in [1.54, 1.807) is 26.1 Å². The molecule has 0 heterocycles. The summed E-state index contributed by atoms with van der Waals surface area (Å²) in [6.45, 7) is 1.63. The van der Waals surface area contributed by atoms with Gasteiger partial charge in [-0.1, -0.05) is 17.7 Å². The summed E-state index contributed by atoms with van der Waals surface area (Å²) in [5.74, 6) is 0.638. The Kier molecular flexibility index (Phi) is 12.5. The third-order valence-corrected chi connectivity index (χ3v) is 4.85. The summed E-state index contributed by atoms with van der Waals surface area (Å²) >= 11 is 0. The molecule has 0 fully saturated rings. The number of ether oxygens (including phenoxy) is 1. The Balaban J connectivity index is 0.00000676. The summed E-state index contributed by atoms with van der Waals surface area (Å²) in [6, 6.07) is 4.97. The molecule has 1 rings (SSSR count). The van der Waals surface area contributed by atoms with Crippen molar-refractivity contribution in [1.29, 1.82) is 0 Å². The van der Waals surface area contributed by atoms with E-state index in [9.17, 15) is 17.2 Å². The third-order valence-electron chi connectivity index (χ3n) is 3.45. The number of hydrogen-bond acceptors (Lipinski definition) is 4. The molecule has 1 aromatic carbocycles. The minimum Gasteiger partial charge on any atom is -0.434 e. The van der Waals surface area contributed by atoms with E-state index in [0.717, 1.165) is 5.56 Å². The lowest BCUT2D eigenvalue weighted by atomic mass is 10.1. The first-order chi connectivity index (χ1) is 12.3. The van der Waals surface area contributed by atoms with Crippen LogP contribution in [0, 0.1) is 6.92 Å². The van der Waals surface area contributed by atoms with Crippen LogP contribution >= 0.6 is 24.0 Å². The quantitative estimate of drug-likeness (QED) is 0.191. The predicted octanol–water partition coefficient (Wildman–Crippen LogP) is 2.21. The molecule has 0 aliphatic heterocycles. The Labute approximate surface area is 176 Å². The Morgan fingerprint density at radius 3 is 2.56 bits per heavy atom. The van der Waals surface area contributed by atoms with Crippen molar-refractivity contribution in [1.82, 2.24) is 15.4 Å². The summed E-state index contributed by atoms with van der Waals surface area (Å²) in [6.07, 6.45) is 0.574. The van der Waals surface area contributed by atoms with Crippen LogP contribution in [0.25, 0.3) is 0 Å². The van der Waals surface area contributed by atoms with Crippen LogP contribution in [-0.2, 0) is 16.6 Å². The minimum atomic E-state index is -3.19. The summed E-state index contributed by atoms with van der Waals surface area (Å²) in [7, 11) is -1.60. The highest BCUT2D eigenvalue weighted by molar-refractivity contribution is 14.0. The summed E-state index contributed by atoms with van der Waals surface area (Å²) in [5, 5.41) is 6.05. The molecule has 0 atom stereocenters. The number of halogens is 3. The number of hydrogen-bond donors (Lipinski definition) is 3. The fourth-order valence-corrected chi connectivity index (χ4v) is 2.74. The van der Waals surface area contributed by atoms with Gasteiger partial charge < -0.3 is 15.4 Å². The highest BCUT2D eigenvalue weighted by atomic mass is 127. The largest absolute Gasteiger partial charge is 0.434 e. The second kappa shape index (κ2) is 13.0. The second-order valence-electron chi connectivity index (χ2n) is 5.49. The van der Waals surface area contributed by atoms with Gasteiger partial charge in [-0.05, 0) is 26.3 Å². The Morgan fingerprint density at radius 1 is 1.26 bits per heavy atom. The molecule has 0 radical (unpaired) electrons. The zero-order valence-electron chi connectivity index (χ0n) is 15.6. The normalized spacial score (nSPS) is 11.9. The van der Waals surface area contributed by atoms with E-state index in [2.05, 4.69) is 25.1 Å². The summed E-state index contributed by atoms with van der Waals surface area (Å²) < 4.78 is 54.6. The van der Waals surface area contributed by atoms with E-state index in [4.69, 9.17) is 0 Å². The van der Waals surface area contributed by atoms with Crippen molar-refractivity contribution < 1.29 is 21.9 Å². The monoisotopic (exact) mass is 520 g/mol. The number of rotatable bonds is 10. The summed E-state index contributed by atoms with van der Waals surface area (Å²) in [5.41, 5.74) is 1.51. The van der Waals surface area contributed by atoms with Crippen LogP contribution in [0.3, 0.4) is 0 Å². The SMILES string of the molecule is CCS(=O)(=O)NCCCNC(=NC)NCc1cc(C)ccc1OC(F)F.I. The number of guanidine groups is 1. The lowest BCUT2D eigenvalue weighted by Crippen LogP contribution is -2.38. The average molecular weight is 520 g/mol. The predicted molar refractivity (Wildman–Crippen MR) is 114 cm³/mol. The van der Waals surface area contributed by atoms with Crippen molar-refractivity contribution in [3.8, 4) is 5.75 Å².